The number of halogens is 4. The number of aromatic nitrogens is 4. The van der Waals surface area contributed by atoms with E-state index >= 15 is 0 Å². The molecule has 35 heavy (non-hydrogen) atoms. The van der Waals surface area contributed by atoms with Gasteiger partial charge in [0.15, 0.2) is 0 Å². The molecule has 0 atom stereocenters. The number of anilines is 1. The largest absolute Gasteiger partial charge is 0.419 e. The Morgan fingerprint density at radius 2 is 1.74 bits per heavy atom. The highest BCUT2D eigenvalue weighted by Crippen LogP contribution is 2.28. The van der Waals surface area contributed by atoms with Gasteiger partial charge in [-0.05, 0) is 24.1 Å². The summed E-state index contributed by atoms with van der Waals surface area (Å²) in [5.74, 6) is -0.393. The first-order valence-electron chi connectivity index (χ1n) is 10.9. The van der Waals surface area contributed by atoms with Crippen molar-refractivity contribution in [3.05, 3.63) is 58.0 Å². The van der Waals surface area contributed by atoms with Crippen molar-refractivity contribution in [2.75, 3.05) is 44.3 Å². The Bertz CT molecular complexity index is 1240. The van der Waals surface area contributed by atoms with Crippen LogP contribution in [0.1, 0.15) is 17.5 Å². The Morgan fingerprint density at radius 1 is 1.03 bits per heavy atom. The number of rotatable bonds is 7. The minimum absolute atomic E-state index is 0.120. The third-order valence-electron chi connectivity index (χ3n) is 5.74. The van der Waals surface area contributed by atoms with E-state index < -0.39 is 23.1 Å². The van der Waals surface area contributed by atoms with Gasteiger partial charge in [-0.15, -0.1) is 0 Å². The van der Waals surface area contributed by atoms with Gasteiger partial charge in [0.2, 0.25) is 11.9 Å². The van der Waals surface area contributed by atoms with Crippen molar-refractivity contribution in [1.82, 2.24) is 25.1 Å². The Kier molecular flexibility index (Phi) is 7.24. The summed E-state index contributed by atoms with van der Waals surface area (Å²) in [6, 6.07) is 2.63. The van der Waals surface area contributed by atoms with Crippen LogP contribution in [0.4, 0.5) is 23.5 Å². The molecule has 4 rings (SSSR count). The lowest BCUT2D eigenvalue weighted by Gasteiger charge is -2.34. The molecule has 1 aliphatic rings. The quantitative estimate of drug-likeness (QED) is 0.397. The fourth-order valence-corrected chi connectivity index (χ4v) is 3.83. The fraction of sp³-hybridized carbons (Fsp3) is 0.409. The molecule has 2 aromatic heterocycles. The number of carbonyl (C=O) groups excluding carboxylic acids is 1. The Hall–Kier alpha value is -3.61. The molecule has 1 saturated heterocycles. The monoisotopic (exact) mass is 494 g/mol. The minimum Gasteiger partial charge on any atom is -0.381 e. The molecule has 13 heteroatoms. The van der Waals surface area contributed by atoms with Crippen LogP contribution in [-0.2, 0) is 22.1 Å². The molecule has 1 amide bonds. The first-order chi connectivity index (χ1) is 16.7. The number of ether oxygens (including phenoxy) is 1. The van der Waals surface area contributed by atoms with Gasteiger partial charge in [-0.3, -0.25) is 9.59 Å². The molecule has 0 radical (unpaired) electrons. The van der Waals surface area contributed by atoms with Crippen molar-refractivity contribution in [1.29, 1.82) is 0 Å². The highest BCUT2D eigenvalue weighted by molar-refractivity contribution is 5.84. The van der Waals surface area contributed by atoms with Crippen molar-refractivity contribution >= 4 is 22.6 Å². The lowest BCUT2D eigenvalue weighted by Crippen LogP contribution is -2.49. The maximum atomic E-state index is 14.2. The summed E-state index contributed by atoms with van der Waals surface area (Å²) in [5, 5.41) is 6.79. The molecule has 0 spiro atoms. The van der Waals surface area contributed by atoms with Crippen LogP contribution in [0.25, 0.3) is 10.8 Å². The third kappa shape index (κ3) is 5.73. The maximum Gasteiger partial charge on any atom is 0.419 e. The van der Waals surface area contributed by atoms with E-state index in [1.54, 1.807) is 9.80 Å². The Labute approximate surface area is 196 Å². The summed E-state index contributed by atoms with van der Waals surface area (Å²) in [7, 11) is 0. The van der Waals surface area contributed by atoms with Crippen molar-refractivity contribution < 1.29 is 27.1 Å². The van der Waals surface area contributed by atoms with Gasteiger partial charge in [0.05, 0.1) is 36.8 Å². The SMILES string of the molecule is O=C(CCOCCc1c(F)ccc2c(=O)[nH]ncc12)N1CCN(c2ncc(C(F)(F)F)cn2)CC1. The van der Waals surface area contributed by atoms with Gasteiger partial charge in [-0.25, -0.2) is 19.5 Å². The average Bonchev–Trinajstić information content (AvgIpc) is 2.84. The van der Waals surface area contributed by atoms with E-state index in [0.29, 0.717) is 42.5 Å². The number of fused-ring (bicyclic) bond motifs is 1. The van der Waals surface area contributed by atoms with Gasteiger partial charge in [0, 0.05) is 44.0 Å². The van der Waals surface area contributed by atoms with Crippen LogP contribution in [0.15, 0.2) is 35.5 Å². The van der Waals surface area contributed by atoms with Gasteiger partial charge < -0.3 is 14.5 Å². The van der Waals surface area contributed by atoms with Gasteiger partial charge in [0.1, 0.15) is 5.82 Å². The smallest absolute Gasteiger partial charge is 0.381 e. The Balaban J connectivity index is 1.21. The molecule has 3 aromatic rings. The highest BCUT2D eigenvalue weighted by Gasteiger charge is 2.32. The van der Waals surface area contributed by atoms with E-state index in [0.717, 1.165) is 12.4 Å². The second-order valence-corrected chi connectivity index (χ2v) is 7.94. The Morgan fingerprint density at radius 3 is 2.43 bits per heavy atom. The predicted molar refractivity (Wildman–Crippen MR) is 117 cm³/mol. The molecule has 3 heterocycles. The van der Waals surface area contributed by atoms with E-state index in [1.165, 1.54) is 18.3 Å². The minimum atomic E-state index is -4.49. The summed E-state index contributed by atoms with van der Waals surface area (Å²) in [6.07, 6.45) is -1.25. The molecular weight excluding hydrogens is 472 g/mol. The lowest BCUT2D eigenvalue weighted by atomic mass is 10.0. The van der Waals surface area contributed by atoms with Crippen LogP contribution in [0, 0.1) is 5.82 Å². The molecule has 0 bridgehead atoms. The number of benzene rings is 1. The zero-order valence-corrected chi connectivity index (χ0v) is 18.5. The standard InChI is InChI=1S/C22H22F4N6O3/c23-18-2-1-16-17(13-29-30-20(16)34)15(18)3-9-35-10-4-19(33)31-5-7-32(8-6-31)21-27-11-14(12-28-21)22(24,25)26/h1-2,11-13H,3-10H2,(H,30,34). The second kappa shape index (κ2) is 10.3. The number of carbonyl (C=O) groups is 1. The van der Waals surface area contributed by atoms with Crippen LogP contribution in [0.5, 0.6) is 0 Å². The lowest BCUT2D eigenvalue weighted by molar-refractivity contribution is -0.138. The van der Waals surface area contributed by atoms with E-state index in [9.17, 15) is 27.2 Å². The molecule has 0 unspecified atom stereocenters. The topological polar surface area (TPSA) is 104 Å². The average molecular weight is 494 g/mol. The van der Waals surface area contributed by atoms with Crippen molar-refractivity contribution in [2.24, 2.45) is 0 Å². The summed E-state index contributed by atoms with van der Waals surface area (Å²) in [5.41, 5.74) is -0.988. The van der Waals surface area contributed by atoms with Crippen LogP contribution < -0.4 is 10.5 Å². The molecule has 1 fully saturated rings. The van der Waals surface area contributed by atoms with E-state index in [4.69, 9.17) is 4.74 Å². The number of alkyl halides is 3. The number of hydrogen-bond donors (Lipinski definition) is 1. The zero-order valence-electron chi connectivity index (χ0n) is 18.5. The van der Waals surface area contributed by atoms with Crippen LogP contribution in [0.2, 0.25) is 0 Å². The van der Waals surface area contributed by atoms with Gasteiger partial charge in [-0.1, -0.05) is 0 Å². The van der Waals surface area contributed by atoms with Gasteiger partial charge >= 0.3 is 6.18 Å². The molecule has 0 saturated carbocycles. The number of nitrogens with one attached hydrogen (secondary N) is 1. The van der Waals surface area contributed by atoms with Crippen molar-refractivity contribution in [3.8, 4) is 0 Å². The van der Waals surface area contributed by atoms with E-state index in [2.05, 4.69) is 20.2 Å². The highest BCUT2D eigenvalue weighted by atomic mass is 19.4. The molecule has 9 nitrogen and oxygen atoms in total. The summed E-state index contributed by atoms with van der Waals surface area (Å²) in [6.45, 7) is 1.86. The normalized spacial score (nSPS) is 14.5. The van der Waals surface area contributed by atoms with E-state index in [1.807, 2.05) is 0 Å². The first-order valence-corrected chi connectivity index (χ1v) is 10.9. The van der Waals surface area contributed by atoms with Crippen LogP contribution >= 0.6 is 0 Å². The van der Waals surface area contributed by atoms with E-state index in [-0.39, 0.29) is 37.9 Å². The number of H-pyrrole nitrogens is 1. The molecule has 1 N–H and O–H groups in total. The second-order valence-electron chi connectivity index (χ2n) is 7.94. The number of hydrogen-bond acceptors (Lipinski definition) is 7. The summed E-state index contributed by atoms with van der Waals surface area (Å²) >= 11 is 0. The molecule has 1 aliphatic heterocycles. The zero-order chi connectivity index (χ0) is 25.0. The van der Waals surface area contributed by atoms with Gasteiger partial charge in [0.25, 0.3) is 5.56 Å². The molecule has 186 valence electrons. The first kappa shape index (κ1) is 24.5. The third-order valence-corrected chi connectivity index (χ3v) is 5.74. The molecular formula is C22H22F4N6O3. The van der Waals surface area contributed by atoms with Crippen molar-refractivity contribution in [3.63, 3.8) is 0 Å². The van der Waals surface area contributed by atoms with Crippen LogP contribution in [-0.4, -0.2) is 70.4 Å². The number of amides is 1. The number of piperazine rings is 1. The number of nitrogens with zero attached hydrogens (tertiary/aromatic N) is 5. The van der Waals surface area contributed by atoms with Gasteiger partial charge in [-0.2, -0.15) is 18.3 Å². The number of aromatic amines is 1. The molecule has 0 aliphatic carbocycles. The van der Waals surface area contributed by atoms with Crippen LogP contribution in [0.3, 0.4) is 0 Å². The predicted octanol–water partition coefficient (Wildman–Crippen LogP) is 2.17. The van der Waals surface area contributed by atoms with Crippen molar-refractivity contribution in [2.45, 2.75) is 19.0 Å². The molecule has 1 aromatic carbocycles. The maximum absolute atomic E-state index is 14.2. The summed E-state index contributed by atoms with van der Waals surface area (Å²) in [4.78, 5) is 35.2. The summed E-state index contributed by atoms with van der Waals surface area (Å²) < 4.78 is 57.7. The fourth-order valence-electron chi connectivity index (χ4n) is 3.83.